The minimum Gasteiger partial charge on any atom is -0.340 e. The summed E-state index contributed by atoms with van der Waals surface area (Å²) in [7, 11) is 0. The van der Waals surface area contributed by atoms with Crippen LogP contribution in [-0.4, -0.2) is 34.2 Å². The van der Waals surface area contributed by atoms with E-state index in [4.69, 9.17) is 10.3 Å². The zero-order valence-electron chi connectivity index (χ0n) is 10.9. The van der Waals surface area contributed by atoms with E-state index in [-0.39, 0.29) is 0 Å². The Morgan fingerprint density at radius 2 is 2.12 bits per heavy atom. The van der Waals surface area contributed by atoms with Crippen LogP contribution >= 0.6 is 0 Å². The molecule has 0 bridgehead atoms. The minimum absolute atomic E-state index is 0.415. The molecule has 2 rings (SSSR count). The molecule has 17 heavy (non-hydrogen) atoms. The van der Waals surface area contributed by atoms with Gasteiger partial charge in [-0.2, -0.15) is 4.98 Å². The van der Waals surface area contributed by atoms with Crippen molar-refractivity contribution in [1.29, 1.82) is 0 Å². The van der Waals surface area contributed by atoms with Crippen LogP contribution < -0.4 is 5.73 Å². The highest BCUT2D eigenvalue weighted by Crippen LogP contribution is 2.28. The predicted molar refractivity (Wildman–Crippen MR) is 65.5 cm³/mol. The van der Waals surface area contributed by atoms with Gasteiger partial charge in [-0.3, -0.25) is 0 Å². The van der Waals surface area contributed by atoms with Crippen molar-refractivity contribution in [2.24, 2.45) is 5.73 Å². The average Bonchev–Trinajstić information content (AvgIpc) is 2.59. The van der Waals surface area contributed by atoms with Crippen molar-refractivity contribution in [3.05, 3.63) is 11.7 Å². The lowest BCUT2D eigenvalue weighted by Gasteiger charge is -2.26. The Morgan fingerprint density at radius 1 is 1.35 bits per heavy atom. The minimum atomic E-state index is -0.415. The molecule has 1 fully saturated rings. The second-order valence-electron chi connectivity index (χ2n) is 5.28. The number of aromatic nitrogens is 2. The summed E-state index contributed by atoms with van der Waals surface area (Å²) in [6.45, 7) is 8.36. The third kappa shape index (κ3) is 2.66. The average molecular weight is 238 g/mol. The summed E-state index contributed by atoms with van der Waals surface area (Å²) in [5.41, 5.74) is 6.03. The summed E-state index contributed by atoms with van der Waals surface area (Å²) in [4.78, 5) is 6.76. The van der Waals surface area contributed by atoms with E-state index in [0.29, 0.717) is 17.8 Å². The van der Waals surface area contributed by atoms with Gasteiger partial charge in [-0.1, -0.05) is 5.16 Å². The molecular weight excluding hydrogens is 216 g/mol. The molecule has 1 atom stereocenters. The molecule has 5 nitrogen and oxygen atoms in total. The van der Waals surface area contributed by atoms with Crippen molar-refractivity contribution in [2.45, 2.75) is 51.6 Å². The van der Waals surface area contributed by atoms with Crippen molar-refractivity contribution >= 4 is 0 Å². The van der Waals surface area contributed by atoms with E-state index in [2.05, 4.69) is 28.9 Å². The van der Waals surface area contributed by atoms with Gasteiger partial charge >= 0.3 is 0 Å². The molecule has 0 radical (unpaired) electrons. The van der Waals surface area contributed by atoms with Gasteiger partial charge in [0.15, 0.2) is 5.82 Å². The number of hydrogen-bond donors (Lipinski definition) is 1. The van der Waals surface area contributed by atoms with Gasteiger partial charge in [-0.15, -0.1) is 0 Å². The summed E-state index contributed by atoms with van der Waals surface area (Å²) < 4.78 is 5.04. The fraction of sp³-hybridized carbons (Fsp3) is 0.833. The molecule has 0 aromatic carbocycles. The smallest absolute Gasteiger partial charge is 0.223 e. The second-order valence-corrected chi connectivity index (χ2v) is 5.28. The first-order valence-corrected chi connectivity index (χ1v) is 6.35. The fourth-order valence-corrected chi connectivity index (χ4v) is 2.42. The number of nitrogens with zero attached hydrogens (tertiary/aromatic N) is 3. The molecule has 0 saturated carbocycles. The molecule has 2 heterocycles. The molecule has 0 amide bonds. The molecule has 0 aliphatic carbocycles. The first kappa shape index (κ1) is 12.5. The third-order valence-corrected chi connectivity index (χ3v) is 3.62. The second kappa shape index (κ2) is 4.74. The van der Waals surface area contributed by atoms with Gasteiger partial charge in [-0.05, 0) is 39.7 Å². The van der Waals surface area contributed by atoms with E-state index >= 15 is 0 Å². The van der Waals surface area contributed by atoms with Crippen LogP contribution in [0, 0.1) is 6.92 Å². The van der Waals surface area contributed by atoms with E-state index in [9.17, 15) is 0 Å². The van der Waals surface area contributed by atoms with E-state index in [0.717, 1.165) is 32.4 Å². The molecule has 1 aliphatic rings. The van der Waals surface area contributed by atoms with Crippen LogP contribution in [0.25, 0.3) is 0 Å². The predicted octanol–water partition coefficient (Wildman–Crippen LogP) is 1.43. The van der Waals surface area contributed by atoms with Crippen molar-refractivity contribution < 1.29 is 4.52 Å². The van der Waals surface area contributed by atoms with Crippen molar-refractivity contribution in [3.63, 3.8) is 0 Å². The molecule has 1 aromatic heterocycles. The Morgan fingerprint density at radius 3 is 2.71 bits per heavy atom. The van der Waals surface area contributed by atoms with Crippen LogP contribution in [-0.2, 0) is 5.54 Å². The molecular formula is C12H22N4O. The summed E-state index contributed by atoms with van der Waals surface area (Å²) in [6.07, 6.45) is 2.90. The normalized spacial score (nSPS) is 27.4. The van der Waals surface area contributed by atoms with Crippen molar-refractivity contribution in [1.82, 2.24) is 15.0 Å². The maximum Gasteiger partial charge on any atom is 0.223 e. The lowest BCUT2D eigenvalue weighted by Crippen LogP contribution is -2.39. The van der Waals surface area contributed by atoms with Crippen LogP contribution in [0.3, 0.4) is 0 Å². The van der Waals surface area contributed by atoms with E-state index in [1.807, 2.05) is 0 Å². The molecule has 1 saturated heterocycles. The zero-order chi connectivity index (χ0) is 12.5. The number of likely N-dealkylation sites (tertiary alicyclic amines) is 1. The molecule has 1 unspecified atom stereocenters. The van der Waals surface area contributed by atoms with Gasteiger partial charge in [0.2, 0.25) is 5.89 Å². The number of rotatable bonds is 2. The SMILES string of the molecule is Cc1nc(C2(N)CCCN(C(C)C)CC2)no1. The monoisotopic (exact) mass is 238 g/mol. The van der Waals surface area contributed by atoms with E-state index in [1.54, 1.807) is 6.92 Å². The van der Waals surface area contributed by atoms with Crippen LogP contribution in [0.15, 0.2) is 4.52 Å². The van der Waals surface area contributed by atoms with Gasteiger partial charge in [-0.25, -0.2) is 0 Å². The highest BCUT2D eigenvalue weighted by atomic mass is 16.5. The van der Waals surface area contributed by atoms with Crippen LogP contribution in [0.1, 0.15) is 44.8 Å². The van der Waals surface area contributed by atoms with Crippen molar-refractivity contribution in [2.75, 3.05) is 13.1 Å². The molecule has 5 heteroatoms. The van der Waals surface area contributed by atoms with Crippen LogP contribution in [0.5, 0.6) is 0 Å². The topological polar surface area (TPSA) is 68.2 Å². The Bertz CT molecular complexity index is 376. The van der Waals surface area contributed by atoms with Gasteiger partial charge < -0.3 is 15.2 Å². The fourth-order valence-electron chi connectivity index (χ4n) is 2.42. The Balaban J connectivity index is 2.11. The number of hydrogen-bond acceptors (Lipinski definition) is 5. The maximum absolute atomic E-state index is 6.44. The Labute approximate surface area is 102 Å². The number of aryl methyl sites for hydroxylation is 1. The van der Waals surface area contributed by atoms with Gasteiger partial charge in [0.25, 0.3) is 0 Å². The van der Waals surface area contributed by atoms with E-state index in [1.165, 1.54) is 0 Å². The summed E-state index contributed by atoms with van der Waals surface area (Å²) in [5.74, 6) is 1.26. The van der Waals surface area contributed by atoms with Crippen LogP contribution in [0.4, 0.5) is 0 Å². The summed E-state index contributed by atoms with van der Waals surface area (Å²) >= 11 is 0. The number of nitrogens with two attached hydrogens (primary N) is 1. The standard InChI is InChI=1S/C12H22N4O/c1-9(2)16-7-4-5-12(13,6-8-16)11-14-10(3)17-15-11/h9H,4-8,13H2,1-3H3. The summed E-state index contributed by atoms with van der Waals surface area (Å²) in [5, 5.41) is 3.99. The lowest BCUT2D eigenvalue weighted by atomic mass is 9.91. The molecule has 1 aliphatic heterocycles. The van der Waals surface area contributed by atoms with E-state index < -0.39 is 5.54 Å². The van der Waals surface area contributed by atoms with Crippen LogP contribution in [0.2, 0.25) is 0 Å². The molecule has 2 N–H and O–H groups in total. The highest BCUT2D eigenvalue weighted by molar-refractivity contribution is 5.05. The van der Waals surface area contributed by atoms with Gasteiger partial charge in [0.05, 0.1) is 5.54 Å². The van der Waals surface area contributed by atoms with Gasteiger partial charge in [0, 0.05) is 19.5 Å². The molecule has 1 aromatic rings. The largest absolute Gasteiger partial charge is 0.340 e. The summed E-state index contributed by atoms with van der Waals surface area (Å²) in [6, 6.07) is 0.573. The van der Waals surface area contributed by atoms with Gasteiger partial charge in [0.1, 0.15) is 0 Å². The molecule has 96 valence electrons. The van der Waals surface area contributed by atoms with Crippen molar-refractivity contribution in [3.8, 4) is 0 Å². The quantitative estimate of drug-likeness (QED) is 0.844. The maximum atomic E-state index is 6.44. The molecule has 0 spiro atoms. The first-order chi connectivity index (χ1) is 8.01. The lowest BCUT2D eigenvalue weighted by molar-refractivity contribution is 0.223. The Hall–Kier alpha value is -0.940. The highest BCUT2D eigenvalue weighted by Gasteiger charge is 2.34. The first-order valence-electron chi connectivity index (χ1n) is 6.35. The third-order valence-electron chi connectivity index (χ3n) is 3.62. The zero-order valence-corrected chi connectivity index (χ0v) is 10.9. The Kier molecular flexibility index (Phi) is 3.49.